The van der Waals surface area contributed by atoms with Crippen LogP contribution in [0.15, 0.2) is 52.0 Å². The van der Waals surface area contributed by atoms with Crippen molar-refractivity contribution in [3.8, 4) is 0 Å². The first kappa shape index (κ1) is 18.8. The molecule has 144 valence electrons. The van der Waals surface area contributed by atoms with Crippen molar-refractivity contribution in [2.45, 2.75) is 19.0 Å². The summed E-state index contributed by atoms with van der Waals surface area (Å²) in [7, 11) is 2.50. The van der Waals surface area contributed by atoms with Crippen LogP contribution in [0.25, 0.3) is 0 Å². The van der Waals surface area contributed by atoms with Crippen LogP contribution < -0.4 is 5.32 Å². The van der Waals surface area contributed by atoms with Crippen LogP contribution in [0.4, 0.5) is 18.0 Å². The van der Waals surface area contributed by atoms with Crippen LogP contribution in [-0.4, -0.2) is 32.8 Å². The quantitative estimate of drug-likeness (QED) is 0.790. The highest BCUT2D eigenvalue weighted by Gasteiger charge is 2.43. The number of hydrogen-bond acceptors (Lipinski definition) is 6. The zero-order chi connectivity index (χ0) is 19.8. The van der Waals surface area contributed by atoms with Gasteiger partial charge < -0.3 is 19.5 Å². The van der Waals surface area contributed by atoms with Crippen LogP contribution in [-0.2, 0) is 20.4 Å². The molecule has 1 aromatic rings. The molecule has 2 aliphatic rings. The SMILES string of the molecule is COC(=O)OC1=C(C)NC2=C(C(OC)=NC2)C1c1ccccc1C(F)(F)F. The lowest BCUT2D eigenvalue weighted by Gasteiger charge is -2.31. The first-order valence-electron chi connectivity index (χ1n) is 7.99. The molecule has 0 saturated heterocycles. The van der Waals surface area contributed by atoms with Gasteiger partial charge in [-0.3, -0.25) is 0 Å². The molecule has 9 heteroatoms. The maximum absolute atomic E-state index is 13.6. The van der Waals surface area contributed by atoms with E-state index >= 15 is 0 Å². The Balaban J connectivity index is 2.21. The van der Waals surface area contributed by atoms with Gasteiger partial charge in [0.1, 0.15) is 5.76 Å². The summed E-state index contributed by atoms with van der Waals surface area (Å²) in [5.41, 5.74) is 0.504. The van der Waals surface area contributed by atoms with Crippen molar-refractivity contribution in [1.29, 1.82) is 0 Å². The number of allylic oxidation sites excluding steroid dienone is 2. The summed E-state index contributed by atoms with van der Waals surface area (Å²) in [5.74, 6) is -0.832. The summed E-state index contributed by atoms with van der Waals surface area (Å²) < 4.78 is 55.9. The number of nitrogens with one attached hydrogen (secondary N) is 1. The molecular weight excluding hydrogens is 365 g/mol. The van der Waals surface area contributed by atoms with Gasteiger partial charge >= 0.3 is 12.3 Å². The fraction of sp³-hybridized carbons (Fsp3) is 0.333. The predicted molar refractivity (Wildman–Crippen MR) is 89.8 cm³/mol. The summed E-state index contributed by atoms with van der Waals surface area (Å²) in [6.07, 6.45) is -5.62. The van der Waals surface area contributed by atoms with Gasteiger partial charge in [-0.05, 0) is 18.6 Å². The molecule has 1 atom stereocenters. The van der Waals surface area contributed by atoms with Crippen LogP contribution in [0.1, 0.15) is 24.0 Å². The zero-order valence-corrected chi connectivity index (χ0v) is 14.8. The van der Waals surface area contributed by atoms with Gasteiger partial charge in [0.15, 0.2) is 0 Å². The van der Waals surface area contributed by atoms with E-state index in [4.69, 9.17) is 9.47 Å². The molecular formula is C18H17F3N2O4. The smallest absolute Gasteiger partial charge is 0.481 e. The Morgan fingerprint density at radius 1 is 1.26 bits per heavy atom. The van der Waals surface area contributed by atoms with E-state index in [1.807, 2.05) is 0 Å². The van der Waals surface area contributed by atoms with Crippen molar-refractivity contribution in [2.24, 2.45) is 4.99 Å². The molecule has 0 fully saturated rings. The number of aliphatic imine (C=N–C) groups is 1. The summed E-state index contributed by atoms with van der Waals surface area (Å²) in [5, 5.41) is 3.03. The minimum atomic E-state index is -4.59. The summed E-state index contributed by atoms with van der Waals surface area (Å²) in [6, 6.07) is 5.14. The molecule has 3 rings (SSSR count). The lowest BCUT2D eigenvalue weighted by Crippen LogP contribution is -2.30. The van der Waals surface area contributed by atoms with Crippen LogP contribution in [0.2, 0.25) is 0 Å². The highest BCUT2D eigenvalue weighted by Crippen LogP contribution is 2.45. The molecule has 27 heavy (non-hydrogen) atoms. The molecule has 0 radical (unpaired) electrons. The second-order valence-corrected chi connectivity index (χ2v) is 5.91. The van der Waals surface area contributed by atoms with Crippen LogP contribution in [0.3, 0.4) is 0 Å². The maximum Gasteiger partial charge on any atom is 0.513 e. The summed E-state index contributed by atoms with van der Waals surface area (Å²) in [4.78, 5) is 15.9. The third-order valence-corrected chi connectivity index (χ3v) is 4.33. The molecule has 2 heterocycles. The molecule has 2 aliphatic heterocycles. The molecule has 0 amide bonds. The highest BCUT2D eigenvalue weighted by molar-refractivity contribution is 5.99. The standard InChI is InChI=1S/C18H17F3N2O4/c1-9-15(27-17(24)26-3)13(14-12(23-9)8-22-16(14)25-2)10-6-4-5-7-11(10)18(19,20)21/h4-7,13,23H,8H2,1-3H3. The fourth-order valence-electron chi connectivity index (χ4n) is 3.24. The number of alkyl halides is 3. The average Bonchev–Trinajstić information content (AvgIpc) is 3.03. The van der Waals surface area contributed by atoms with E-state index in [1.165, 1.54) is 25.3 Å². The second kappa shape index (κ2) is 6.98. The number of nitrogens with zero attached hydrogens (tertiary/aromatic N) is 1. The van der Waals surface area contributed by atoms with E-state index in [9.17, 15) is 18.0 Å². The second-order valence-electron chi connectivity index (χ2n) is 5.91. The minimum absolute atomic E-state index is 0.00366. The topological polar surface area (TPSA) is 69.2 Å². The largest absolute Gasteiger partial charge is 0.513 e. The van der Waals surface area contributed by atoms with E-state index in [0.717, 1.165) is 13.2 Å². The predicted octanol–water partition coefficient (Wildman–Crippen LogP) is 3.72. The van der Waals surface area contributed by atoms with Gasteiger partial charge in [0.05, 0.1) is 43.5 Å². The summed E-state index contributed by atoms with van der Waals surface area (Å²) in [6.45, 7) is 1.84. The number of methoxy groups -OCH3 is 2. The van der Waals surface area contributed by atoms with Crippen molar-refractivity contribution in [3.63, 3.8) is 0 Å². The van der Waals surface area contributed by atoms with Gasteiger partial charge in [0.25, 0.3) is 0 Å². The van der Waals surface area contributed by atoms with Gasteiger partial charge in [-0.15, -0.1) is 0 Å². The number of hydrogen-bond donors (Lipinski definition) is 1. The molecule has 0 aliphatic carbocycles. The van der Waals surface area contributed by atoms with Gasteiger partial charge in [0.2, 0.25) is 5.90 Å². The Bertz CT molecular complexity index is 872. The Kier molecular flexibility index (Phi) is 4.86. The van der Waals surface area contributed by atoms with E-state index in [0.29, 0.717) is 17.0 Å². The lowest BCUT2D eigenvalue weighted by atomic mass is 9.83. The average molecular weight is 382 g/mol. The van der Waals surface area contributed by atoms with Crippen LogP contribution >= 0.6 is 0 Å². The maximum atomic E-state index is 13.6. The monoisotopic (exact) mass is 382 g/mol. The number of carbonyl (C=O) groups is 1. The van der Waals surface area contributed by atoms with Crippen molar-refractivity contribution in [2.75, 3.05) is 20.8 Å². The zero-order valence-electron chi connectivity index (χ0n) is 14.8. The molecule has 0 spiro atoms. The van der Waals surface area contributed by atoms with E-state index in [2.05, 4.69) is 15.0 Å². The number of dihydropyridines is 1. The van der Waals surface area contributed by atoms with Crippen molar-refractivity contribution in [1.82, 2.24) is 5.32 Å². The van der Waals surface area contributed by atoms with Gasteiger partial charge in [0, 0.05) is 5.70 Å². The van der Waals surface area contributed by atoms with Gasteiger partial charge in [-0.25, -0.2) is 9.79 Å². The Hall–Kier alpha value is -2.97. The van der Waals surface area contributed by atoms with Crippen LogP contribution in [0, 0.1) is 0 Å². The number of benzene rings is 1. The Labute approximate surface area is 153 Å². The molecule has 0 saturated carbocycles. The number of carbonyl (C=O) groups excluding carboxylic acids is 1. The van der Waals surface area contributed by atoms with Gasteiger partial charge in [-0.1, -0.05) is 18.2 Å². The van der Waals surface area contributed by atoms with Crippen molar-refractivity contribution < 1.29 is 32.2 Å². The molecule has 1 N–H and O–H groups in total. The van der Waals surface area contributed by atoms with Crippen molar-refractivity contribution >= 4 is 12.1 Å². The molecule has 1 aromatic carbocycles. The Morgan fingerprint density at radius 3 is 2.59 bits per heavy atom. The summed E-state index contributed by atoms with van der Waals surface area (Å²) >= 11 is 0. The third-order valence-electron chi connectivity index (χ3n) is 4.33. The first-order chi connectivity index (χ1) is 12.8. The normalized spacial score (nSPS) is 19.3. The Morgan fingerprint density at radius 2 is 1.96 bits per heavy atom. The van der Waals surface area contributed by atoms with Gasteiger partial charge in [-0.2, -0.15) is 13.2 Å². The highest BCUT2D eigenvalue weighted by atomic mass is 19.4. The molecule has 1 unspecified atom stereocenters. The number of halogens is 3. The molecule has 6 nitrogen and oxygen atoms in total. The number of ether oxygens (including phenoxy) is 3. The first-order valence-corrected chi connectivity index (χ1v) is 7.99. The van der Waals surface area contributed by atoms with E-state index in [-0.39, 0.29) is 23.8 Å². The van der Waals surface area contributed by atoms with Crippen LogP contribution in [0.5, 0.6) is 0 Å². The van der Waals surface area contributed by atoms with E-state index in [1.54, 1.807) is 6.92 Å². The lowest BCUT2D eigenvalue weighted by molar-refractivity contribution is -0.138. The molecule has 0 bridgehead atoms. The fourth-order valence-corrected chi connectivity index (χ4v) is 3.24. The molecule has 0 aromatic heterocycles. The third kappa shape index (κ3) is 3.36. The van der Waals surface area contributed by atoms with E-state index < -0.39 is 23.8 Å². The number of rotatable bonds is 2. The van der Waals surface area contributed by atoms with Crippen molar-refractivity contribution in [3.05, 3.63) is 58.1 Å². The minimum Gasteiger partial charge on any atom is -0.481 e.